The lowest BCUT2D eigenvalue weighted by molar-refractivity contribution is 0.00831. The lowest BCUT2D eigenvalue weighted by atomic mass is 9.98. The third-order valence-electron chi connectivity index (χ3n) is 5.73. The topological polar surface area (TPSA) is 42.0 Å². The van der Waals surface area contributed by atoms with Crippen molar-refractivity contribution in [3.05, 3.63) is 29.3 Å². The number of hydrogen-bond acceptors (Lipinski definition) is 5. The Hall–Kier alpha value is -1.59. The van der Waals surface area contributed by atoms with Crippen LogP contribution in [-0.4, -0.2) is 57.4 Å². The van der Waals surface area contributed by atoms with E-state index >= 15 is 0 Å². The van der Waals surface area contributed by atoms with E-state index in [4.69, 9.17) is 9.47 Å². The zero-order valence-electron chi connectivity index (χ0n) is 14.4. The molecule has 0 spiro atoms. The van der Waals surface area contributed by atoms with E-state index in [1.54, 1.807) is 0 Å². The van der Waals surface area contributed by atoms with E-state index in [9.17, 15) is 4.79 Å². The average Bonchev–Trinajstić information content (AvgIpc) is 3.28. The Balaban J connectivity index is 1.68. The molecule has 4 rings (SSSR count). The summed E-state index contributed by atoms with van der Waals surface area (Å²) in [5.74, 6) is -0.225. The summed E-state index contributed by atoms with van der Waals surface area (Å²) in [6, 6.07) is 6.44. The first-order chi connectivity index (χ1) is 11.7. The van der Waals surface area contributed by atoms with Crippen LogP contribution < -0.4 is 4.90 Å². The molecule has 1 aromatic carbocycles. The first-order valence-corrected chi connectivity index (χ1v) is 9.05. The van der Waals surface area contributed by atoms with Crippen molar-refractivity contribution in [2.75, 3.05) is 51.4 Å². The average molecular weight is 330 g/mol. The van der Waals surface area contributed by atoms with Gasteiger partial charge in [0.1, 0.15) is 0 Å². The van der Waals surface area contributed by atoms with Crippen LogP contribution in [0.2, 0.25) is 0 Å². The first-order valence-electron chi connectivity index (χ1n) is 9.05. The minimum Gasteiger partial charge on any atom is -0.465 e. The van der Waals surface area contributed by atoms with E-state index in [1.807, 2.05) is 0 Å². The fraction of sp³-hybridized carbons (Fsp3) is 0.632. The van der Waals surface area contributed by atoms with E-state index in [2.05, 4.69) is 28.0 Å². The summed E-state index contributed by atoms with van der Waals surface area (Å²) in [5, 5.41) is 0. The number of carbonyl (C=O) groups excluding carboxylic acids is 1. The molecular weight excluding hydrogens is 304 g/mol. The molecule has 0 unspecified atom stereocenters. The molecule has 1 aromatic rings. The third-order valence-corrected chi connectivity index (χ3v) is 5.73. The van der Waals surface area contributed by atoms with E-state index in [0.717, 1.165) is 63.5 Å². The summed E-state index contributed by atoms with van der Waals surface area (Å²) in [5.41, 5.74) is 3.11. The summed E-state index contributed by atoms with van der Waals surface area (Å²) < 4.78 is 10.6. The molecule has 130 valence electrons. The fourth-order valence-corrected chi connectivity index (χ4v) is 4.23. The van der Waals surface area contributed by atoms with Crippen LogP contribution in [-0.2, 0) is 15.0 Å². The summed E-state index contributed by atoms with van der Waals surface area (Å²) in [6.45, 7) is 5.60. The van der Waals surface area contributed by atoms with Gasteiger partial charge in [0.2, 0.25) is 0 Å². The van der Waals surface area contributed by atoms with Gasteiger partial charge in [0, 0.05) is 31.7 Å². The zero-order valence-corrected chi connectivity index (χ0v) is 14.4. The van der Waals surface area contributed by atoms with E-state index in [-0.39, 0.29) is 11.5 Å². The van der Waals surface area contributed by atoms with Gasteiger partial charge in [-0.1, -0.05) is 6.07 Å². The SMILES string of the molecule is COC(=O)c1cc(C2(N3CCOCC3)CC2)ccc1N1CCCC1. The number of benzene rings is 1. The molecule has 3 aliphatic rings. The predicted octanol–water partition coefficient (Wildman–Crippen LogP) is 2.39. The van der Waals surface area contributed by atoms with Crippen LogP contribution in [0.1, 0.15) is 41.6 Å². The maximum Gasteiger partial charge on any atom is 0.339 e. The van der Waals surface area contributed by atoms with Gasteiger partial charge in [0.25, 0.3) is 0 Å². The molecule has 0 bridgehead atoms. The molecule has 0 N–H and O–H groups in total. The number of nitrogens with zero attached hydrogens (tertiary/aromatic N) is 2. The fourth-order valence-electron chi connectivity index (χ4n) is 4.23. The number of carbonyl (C=O) groups is 1. The van der Waals surface area contributed by atoms with Gasteiger partial charge in [-0.25, -0.2) is 4.79 Å². The molecular formula is C19H26N2O3. The smallest absolute Gasteiger partial charge is 0.339 e. The van der Waals surface area contributed by atoms with Crippen molar-refractivity contribution >= 4 is 11.7 Å². The van der Waals surface area contributed by atoms with E-state index in [1.165, 1.54) is 25.5 Å². The molecule has 2 heterocycles. The van der Waals surface area contributed by atoms with Gasteiger partial charge < -0.3 is 14.4 Å². The number of hydrogen-bond donors (Lipinski definition) is 0. The Morgan fingerprint density at radius 3 is 2.46 bits per heavy atom. The summed E-state index contributed by atoms with van der Waals surface area (Å²) >= 11 is 0. The lowest BCUT2D eigenvalue weighted by Gasteiger charge is -2.35. The minimum absolute atomic E-state index is 0.107. The summed E-state index contributed by atoms with van der Waals surface area (Å²) in [4.78, 5) is 17.2. The van der Waals surface area contributed by atoms with E-state index in [0.29, 0.717) is 0 Å². The molecule has 0 atom stereocenters. The molecule has 0 radical (unpaired) electrons. The van der Waals surface area contributed by atoms with Crippen LogP contribution in [0, 0.1) is 0 Å². The molecule has 2 aliphatic heterocycles. The highest BCUT2D eigenvalue weighted by Crippen LogP contribution is 2.51. The van der Waals surface area contributed by atoms with Crippen LogP contribution in [0.5, 0.6) is 0 Å². The van der Waals surface area contributed by atoms with Crippen molar-refractivity contribution in [2.24, 2.45) is 0 Å². The highest BCUT2D eigenvalue weighted by Gasteiger charge is 2.49. The van der Waals surface area contributed by atoms with Crippen LogP contribution in [0.25, 0.3) is 0 Å². The van der Waals surface area contributed by atoms with Crippen LogP contribution in [0.15, 0.2) is 18.2 Å². The Morgan fingerprint density at radius 1 is 1.12 bits per heavy atom. The Bertz CT molecular complexity index is 615. The van der Waals surface area contributed by atoms with Gasteiger partial charge in [0.05, 0.1) is 31.6 Å². The highest BCUT2D eigenvalue weighted by atomic mass is 16.5. The quantitative estimate of drug-likeness (QED) is 0.793. The second-order valence-corrected chi connectivity index (χ2v) is 7.05. The minimum atomic E-state index is -0.225. The Kier molecular flexibility index (Phi) is 4.22. The maximum atomic E-state index is 12.4. The molecule has 0 amide bonds. The number of morpholine rings is 1. The van der Waals surface area contributed by atoms with Gasteiger partial charge in [0.15, 0.2) is 0 Å². The Morgan fingerprint density at radius 2 is 1.83 bits per heavy atom. The normalized spacial score (nSPS) is 23.3. The van der Waals surface area contributed by atoms with Crippen molar-refractivity contribution in [1.82, 2.24) is 4.90 Å². The Labute approximate surface area is 143 Å². The van der Waals surface area contributed by atoms with Gasteiger partial charge in [-0.05, 0) is 43.4 Å². The van der Waals surface area contributed by atoms with Crippen LogP contribution in [0.4, 0.5) is 5.69 Å². The third kappa shape index (κ3) is 2.70. The summed E-state index contributed by atoms with van der Waals surface area (Å²) in [7, 11) is 1.47. The van der Waals surface area contributed by atoms with Crippen LogP contribution >= 0.6 is 0 Å². The lowest BCUT2D eigenvalue weighted by Crippen LogP contribution is -2.43. The van der Waals surface area contributed by atoms with Crippen molar-refractivity contribution in [3.8, 4) is 0 Å². The second-order valence-electron chi connectivity index (χ2n) is 7.05. The van der Waals surface area contributed by atoms with Gasteiger partial charge in [-0.2, -0.15) is 0 Å². The van der Waals surface area contributed by atoms with Gasteiger partial charge in [-0.15, -0.1) is 0 Å². The standard InChI is InChI=1S/C19H26N2O3/c1-23-18(22)16-14-15(4-5-17(16)20-8-2-3-9-20)19(6-7-19)21-10-12-24-13-11-21/h4-5,14H,2-3,6-13H2,1H3. The monoisotopic (exact) mass is 330 g/mol. The number of ether oxygens (including phenoxy) is 2. The molecule has 1 saturated carbocycles. The highest BCUT2D eigenvalue weighted by molar-refractivity contribution is 5.96. The molecule has 0 aromatic heterocycles. The zero-order chi connectivity index (χ0) is 16.6. The maximum absolute atomic E-state index is 12.4. The van der Waals surface area contributed by atoms with E-state index < -0.39 is 0 Å². The second kappa shape index (κ2) is 6.37. The van der Waals surface area contributed by atoms with Crippen molar-refractivity contribution < 1.29 is 14.3 Å². The molecule has 2 saturated heterocycles. The van der Waals surface area contributed by atoms with Crippen molar-refractivity contribution in [1.29, 1.82) is 0 Å². The first kappa shape index (κ1) is 15.9. The van der Waals surface area contributed by atoms with Crippen molar-refractivity contribution in [3.63, 3.8) is 0 Å². The van der Waals surface area contributed by atoms with Gasteiger partial charge >= 0.3 is 5.97 Å². The number of methoxy groups -OCH3 is 1. The number of anilines is 1. The van der Waals surface area contributed by atoms with Crippen molar-refractivity contribution in [2.45, 2.75) is 31.2 Å². The largest absolute Gasteiger partial charge is 0.465 e. The molecule has 1 aliphatic carbocycles. The van der Waals surface area contributed by atoms with Crippen LogP contribution in [0.3, 0.4) is 0 Å². The molecule has 24 heavy (non-hydrogen) atoms. The molecule has 5 nitrogen and oxygen atoms in total. The summed E-state index contributed by atoms with van der Waals surface area (Å²) in [6.07, 6.45) is 4.72. The predicted molar refractivity (Wildman–Crippen MR) is 92.5 cm³/mol. The number of rotatable bonds is 4. The number of esters is 1. The van der Waals surface area contributed by atoms with Gasteiger partial charge in [-0.3, -0.25) is 4.90 Å². The molecule has 3 fully saturated rings. The molecule has 5 heteroatoms.